The Balaban J connectivity index is 1.35. The molecule has 1 aliphatic heterocycles. The van der Waals surface area contributed by atoms with E-state index in [-0.39, 0.29) is 27.9 Å². The lowest BCUT2D eigenvalue weighted by Gasteiger charge is -2.24. The number of rotatable bonds is 11. The molecule has 0 spiro atoms. The molecule has 13 heteroatoms. The van der Waals surface area contributed by atoms with E-state index in [9.17, 15) is 13.2 Å². The van der Waals surface area contributed by atoms with Crippen molar-refractivity contribution in [2.45, 2.75) is 68.0 Å². The Morgan fingerprint density at radius 2 is 1.82 bits per heavy atom. The van der Waals surface area contributed by atoms with Crippen molar-refractivity contribution in [1.29, 1.82) is 0 Å². The molecule has 1 fully saturated rings. The third-order valence-corrected chi connectivity index (χ3v) is 10.9. The summed E-state index contributed by atoms with van der Waals surface area (Å²) in [6, 6.07) is 13.1. The molecule has 1 atom stereocenters. The highest BCUT2D eigenvalue weighted by molar-refractivity contribution is 7.91. The van der Waals surface area contributed by atoms with Crippen molar-refractivity contribution in [2.75, 3.05) is 23.7 Å². The third kappa shape index (κ3) is 6.60. The first-order valence-electron chi connectivity index (χ1n) is 15.2. The van der Waals surface area contributed by atoms with Crippen LogP contribution < -0.4 is 21.5 Å². The van der Waals surface area contributed by atoms with Crippen molar-refractivity contribution >= 4 is 49.5 Å². The number of fused-ring (bicyclic) bond motifs is 1. The van der Waals surface area contributed by atoms with E-state index in [4.69, 9.17) is 4.98 Å². The average molecular weight is 645 g/mol. The molecule has 0 radical (unpaired) electrons. The second-order valence-electron chi connectivity index (χ2n) is 11.1. The molecule has 234 valence electrons. The van der Waals surface area contributed by atoms with E-state index in [1.807, 2.05) is 30.3 Å². The highest BCUT2D eigenvalue weighted by Gasteiger charge is 2.26. The summed E-state index contributed by atoms with van der Waals surface area (Å²) >= 11 is 1.19. The van der Waals surface area contributed by atoms with E-state index in [1.165, 1.54) is 41.4 Å². The topological polar surface area (TPSA) is 144 Å². The fraction of sp³-hybridized carbons (Fsp3) is 0.344. The van der Waals surface area contributed by atoms with Gasteiger partial charge in [-0.25, -0.2) is 18.4 Å². The summed E-state index contributed by atoms with van der Waals surface area (Å²) in [6.07, 6.45) is 8.45. The van der Waals surface area contributed by atoms with Crippen molar-refractivity contribution < 1.29 is 8.42 Å². The Morgan fingerprint density at radius 1 is 1.07 bits per heavy atom. The molecule has 0 saturated carbocycles. The molecule has 45 heavy (non-hydrogen) atoms. The van der Waals surface area contributed by atoms with E-state index in [2.05, 4.69) is 44.7 Å². The number of hydrogen-bond acceptors (Lipinski definition) is 11. The Labute approximate surface area is 266 Å². The Bertz CT molecular complexity index is 1930. The minimum Gasteiger partial charge on any atom is -0.381 e. The van der Waals surface area contributed by atoms with Crippen LogP contribution >= 0.6 is 11.3 Å². The van der Waals surface area contributed by atoms with Gasteiger partial charge in [-0.1, -0.05) is 13.8 Å². The smallest absolute Gasteiger partial charge is 0.256 e. The first kappa shape index (κ1) is 30.8. The molecular weight excluding hydrogens is 609 g/mol. The van der Waals surface area contributed by atoms with Crippen molar-refractivity contribution in [3.63, 3.8) is 0 Å². The number of aromatic nitrogens is 5. The Kier molecular flexibility index (Phi) is 9.19. The molecule has 4 aromatic heterocycles. The minimum atomic E-state index is -3.92. The van der Waals surface area contributed by atoms with Gasteiger partial charge in [0.2, 0.25) is 15.8 Å². The monoisotopic (exact) mass is 644 g/mol. The molecule has 1 saturated heterocycles. The second-order valence-corrected chi connectivity index (χ2v) is 13.9. The maximum absolute atomic E-state index is 14.1. The third-order valence-electron chi connectivity index (χ3n) is 8.21. The number of sulfone groups is 1. The van der Waals surface area contributed by atoms with Gasteiger partial charge in [0.15, 0.2) is 5.03 Å². The van der Waals surface area contributed by atoms with E-state index < -0.39 is 9.84 Å². The molecule has 3 N–H and O–H groups in total. The molecule has 5 heterocycles. The normalized spacial score (nSPS) is 15.4. The summed E-state index contributed by atoms with van der Waals surface area (Å²) in [7, 11) is -3.92. The van der Waals surface area contributed by atoms with Gasteiger partial charge in [-0.2, -0.15) is 4.98 Å². The van der Waals surface area contributed by atoms with Crippen molar-refractivity contribution in [1.82, 2.24) is 29.8 Å². The molecular formula is C32H36N8O3S2. The number of pyridine rings is 2. The minimum absolute atomic E-state index is 0.000475. The zero-order valence-corrected chi connectivity index (χ0v) is 26.9. The van der Waals surface area contributed by atoms with E-state index in [0.29, 0.717) is 33.5 Å². The van der Waals surface area contributed by atoms with Crippen LogP contribution in [-0.2, 0) is 16.4 Å². The number of thiazole rings is 1. The van der Waals surface area contributed by atoms with Crippen LogP contribution in [0.5, 0.6) is 0 Å². The molecule has 0 aliphatic carbocycles. The lowest BCUT2D eigenvalue weighted by molar-refractivity contribution is 0.480. The van der Waals surface area contributed by atoms with Crippen LogP contribution in [0.3, 0.4) is 0 Å². The number of anilines is 3. The zero-order valence-electron chi connectivity index (χ0n) is 25.2. The molecule has 5 aromatic rings. The SMILES string of the molecule is CCC(CC)c1cc2cnc(Nc3ccc(NC4CCCNC4)cc3)nc2n(Cc2scnc2S(=O)(=O)c2ccncc2)c1=O. The summed E-state index contributed by atoms with van der Waals surface area (Å²) in [5, 5.41) is 10.9. The first-order valence-corrected chi connectivity index (χ1v) is 17.6. The van der Waals surface area contributed by atoms with Gasteiger partial charge in [0.1, 0.15) is 5.65 Å². The maximum atomic E-state index is 14.1. The van der Waals surface area contributed by atoms with Gasteiger partial charge in [0.25, 0.3) is 5.56 Å². The van der Waals surface area contributed by atoms with Gasteiger partial charge in [-0.3, -0.25) is 14.3 Å². The predicted octanol–water partition coefficient (Wildman–Crippen LogP) is 5.34. The lowest BCUT2D eigenvalue weighted by atomic mass is 9.94. The average Bonchev–Trinajstić information content (AvgIpc) is 3.55. The van der Waals surface area contributed by atoms with Crippen LogP contribution in [0, 0.1) is 0 Å². The van der Waals surface area contributed by atoms with Crippen molar-refractivity contribution in [3.8, 4) is 0 Å². The van der Waals surface area contributed by atoms with Crippen LogP contribution in [0.1, 0.15) is 55.9 Å². The Hall–Kier alpha value is -4.20. The fourth-order valence-corrected chi connectivity index (χ4v) is 8.20. The lowest BCUT2D eigenvalue weighted by Crippen LogP contribution is -2.38. The summed E-state index contributed by atoms with van der Waals surface area (Å²) < 4.78 is 28.6. The van der Waals surface area contributed by atoms with Crippen molar-refractivity contribution in [2.24, 2.45) is 0 Å². The van der Waals surface area contributed by atoms with Crippen LogP contribution in [0.15, 0.2) is 81.3 Å². The van der Waals surface area contributed by atoms with E-state index in [0.717, 1.165) is 50.1 Å². The fourth-order valence-electron chi connectivity index (χ4n) is 5.76. The molecule has 1 aromatic carbocycles. The number of nitrogens with zero attached hydrogens (tertiary/aromatic N) is 5. The van der Waals surface area contributed by atoms with Gasteiger partial charge in [-0.15, -0.1) is 11.3 Å². The first-order chi connectivity index (χ1) is 21.9. The zero-order chi connectivity index (χ0) is 31.4. The highest BCUT2D eigenvalue weighted by Crippen LogP contribution is 2.29. The number of hydrogen-bond donors (Lipinski definition) is 3. The molecule has 1 unspecified atom stereocenters. The van der Waals surface area contributed by atoms with Crippen LogP contribution in [0.25, 0.3) is 11.0 Å². The van der Waals surface area contributed by atoms with E-state index >= 15 is 0 Å². The van der Waals surface area contributed by atoms with Crippen LogP contribution in [0.2, 0.25) is 0 Å². The maximum Gasteiger partial charge on any atom is 0.256 e. The summed E-state index contributed by atoms with van der Waals surface area (Å²) in [6.45, 7) is 6.13. The van der Waals surface area contributed by atoms with Crippen molar-refractivity contribution in [3.05, 3.63) is 87.4 Å². The highest BCUT2D eigenvalue weighted by atomic mass is 32.2. The van der Waals surface area contributed by atoms with Gasteiger partial charge in [0.05, 0.1) is 21.8 Å². The molecule has 6 rings (SSSR count). The van der Waals surface area contributed by atoms with Gasteiger partial charge >= 0.3 is 0 Å². The standard InChI is InChI=1S/C32H36N8O3S2/c1-3-21(4-2)27-16-22-17-35-32(38-24-9-7-23(8-10-24)37-25-6-5-13-34-18-25)39-29(22)40(31(27)41)19-28-30(36-20-44-28)45(42,43)26-11-14-33-15-12-26/h7-12,14-17,20-21,25,34,37H,3-6,13,18-19H2,1-2H3,(H,35,38,39). The molecule has 11 nitrogen and oxygen atoms in total. The summed E-state index contributed by atoms with van der Waals surface area (Å²) in [4.78, 5) is 32.1. The largest absolute Gasteiger partial charge is 0.381 e. The quantitative estimate of drug-likeness (QED) is 0.172. The number of benzene rings is 1. The van der Waals surface area contributed by atoms with Gasteiger partial charge < -0.3 is 16.0 Å². The summed E-state index contributed by atoms with van der Waals surface area (Å²) in [5.74, 6) is 0.376. The van der Waals surface area contributed by atoms with Crippen LogP contribution in [-0.4, -0.2) is 52.1 Å². The van der Waals surface area contributed by atoms with E-state index in [1.54, 1.807) is 10.8 Å². The predicted molar refractivity (Wildman–Crippen MR) is 177 cm³/mol. The van der Waals surface area contributed by atoms with Gasteiger partial charge in [-0.05, 0) is 80.6 Å². The second kappa shape index (κ2) is 13.4. The molecule has 1 aliphatic rings. The number of nitrogens with one attached hydrogen (secondary N) is 3. The molecule has 0 amide bonds. The summed E-state index contributed by atoms with van der Waals surface area (Å²) in [5.41, 5.74) is 4.21. The molecule has 0 bridgehead atoms. The van der Waals surface area contributed by atoms with Gasteiger partial charge in [0, 0.05) is 53.5 Å². The Morgan fingerprint density at radius 3 is 2.53 bits per heavy atom. The number of piperidine rings is 1. The van der Waals surface area contributed by atoms with Crippen LogP contribution in [0.4, 0.5) is 17.3 Å².